The summed E-state index contributed by atoms with van der Waals surface area (Å²) in [5, 5.41) is -4.42. The monoisotopic (exact) mass is 344 g/mol. The molecule has 0 amide bonds. The molecule has 0 radical (unpaired) electrons. The van der Waals surface area contributed by atoms with Crippen LogP contribution >= 0.6 is 77.4 Å². The highest BCUT2D eigenvalue weighted by Crippen LogP contribution is 2.55. The first kappa shape index (κ1) is 15.9. The Morgan fingerprint density at radius 1 is 0.714 bits per heavy atom. The van der Waals surface area contributed by atoms with Gasteiger partial charge in [-0.1, -0.05) is 69.6 Å². The van der Waals surface area contributed by atoms with Gasteiger partial charge in [0.2, 0.25) is 15.1 Å². The fourth-order valence-electron chi connectivity index (χ4n) is 0.367. The summed E-state index contributed by atoms with van der Waals surface area (Å²) in [7, 11) is -4.18. The van der Waals surface area contributed by atoms with Crippen molar-refractivity contribution in [2.45, 2.75) is 15.1 Å². The molecule has 14 heavy (non-hydrogen) atoms. The van der Waals surface area contributed by atoms with Gasteiger partial charge >= 0.3 is 7.82 Å². The first-order valence-corrected chi connectivity index (χ1v) is 6.83. The van der Waals surface area contributed by atoms with Crippen LogP contribution in [-0.4, -0.2) is 15.1 Å². The molecule has 0 saturated carbocycles. The Balaban J connectivity index is 4.41. The van der Waals surface area contributed by atoms with Crippen LogP contribution in [0.3, 0.4) is 0 Å². The van der Waals surface area contributed by atoms with Crippen LogP contribution in [0.15, 0.2) is 0 Å². The van der Waals surface area contributed by atoms with Gasteiger partial charge in [-0.2, -0.15) is 0 Å². The number of hydrogen-bond donors (Lipinski definition) is 0. The number of rotatable bonds is 6. The molecule has 0 rings (SSSR count). The van der Waals surface area contributed by atoms with Crippen LogP contribution in [0.25, 0.3) is 0 Å². The molecular formula is C3H3Cl6O4P. The van der Waals surface area contributed by atoms with Crippen LogP contribution < -0.4 is 0 Å². The summed E-state index contributed by atoms with van der Waals surface area (Å²) < 4.78 is 24.6. The summed E-state index contributed by atoms with van der Waals surface area (Å²) in [5.74, 6) is 0. The van der Waals surface area contributed by atoms with Crippen molar-refractivity contribution < 1.29 is 18.1 Å². The number of phosphoric acid groups is 1. The SMILES string of the molecule is O=P(OC(Cl)Cl)(OC(Cl)Cl)OC(Cl)Cl. The maximum Gasteiger partial charge on any atom is 0.482 e. The van der Waals surface area contributed by atoms with E-state index in [-0.39, 0.29) is 0 Å². The van der Waals surface area contributed by atoms with Crippen LogP contribution in [0, 0.1) is 0 Å². The summed E-state index contributed by atoms with van der Waals surface area (Å²) in [6.45, 7) is 0. The summed E-state index contributed by atoms with van der Waals surface area (Å²) in [5.41, 5.74) is 0. The van der Waals surface area contributed by atoms with E-state index in [0.29, 0.717) is 0 Å². The summed E-state index contributed by atoms with van der Waals surface area (Å²) in [4.78, 5) is 0. The van der Waals surface area contributed by atoms with Crippen molar-refractivity contribution in [3.05, 3.63) is 0 Å². The molecule has 0 heterocycles. The van der Waals surface area contributed by atoms with E-state index in [4.69, 9.17) is 69.6 Å². The molecular weight excluding hydrogens is 344 g/mol. The molecule has 0 aliphatic rings. The fraction of sp³-hybridized carbons (Fsp3) is 1.00. The van der Waals surface area contributed by atoms with Gasteiger partial charge in [-0.3, -0.25) is 13.6 Å². The van der Waals surface area contributed by atoms with Gasteiger partial charge in [0.05, 0.1) is 0 Å². The van der Waals surface area contributed by atoms with E-state index in [9.17, 15) is 4.57 Å². The molecule has 4 nitrogen and oxygen atoms in total. The first-order chi connectivity index (χ1) is 6.25. The first-order valence-electron chi connectivity index (χ1n) is 2.75. The zero-order valence-corrected chi connectivity index (χ0v) is 11.5. The molecule has 0 saturated heterocycles. The molecule has 11 heteroatoms. The lowest BCUT2D eigenvalue weighted by molar-refractivity contribution is 0.133. The average Bonchev–Trinajstić information content (AvgIpc) is 1.76. The third-order valence-electron chi connectivity index (χ3n) is 0.626. The minimum absolute atomic E-state index is 1.47. The molecule has 0 aliphatic carbocycles. The Kier molecular flexibility index (Phi) is 8.18. The second kappa shape index (κ2) is 7.23. The van der Waals surface area contributed by atoms with E-state index in [1.165, 1.54) is 0 Å². The van der Waals surface area contributed by atoms with Gasteiger partial charge in [0.25, 0.3) is 0 Å². The van der Waals surface area contributed by atoms with Crippen molar-refractivity contribution >= 4 is 77.4 Å². The lowest BCUT2D eigenvalue weighted by atomic mass is 11.7. The van der Waals surface area contributed by atoms with Crippen molar-refractivity contribution in [3.8, 4) is 0 Å². The van der Waals surface area contributed by atoms with Gasteiger partial charge in [-0.15, -0.1) is 0 Å². The van der Waals surface area contributed by atoms with E-state index < -0.39 is 22.9 Å². The molecule has 0 aromatic carbocycles. The largest absolute Gasteiger partial charge is 0.482 e. The highest BCUT2D eigenvalue weighted by Gasteiger charge is 2.34. The fourth-order valence-corrected chi connectivity index (χ4v) is 2.86. The van der Waals surface area contributed by atoms with E-state index in [1.54, 1.807) is 0 Å². The Bertz CT molecular complexity index is 176. The van der Waals surface area contributed by atoms with Crippen LogP contribution in [0.5, 0.6) is 0 Å². The van der Waals surface area contributed by atoms with E-state index in [2.05, 4.69) is 13.6 Å². The summed E-state index contributed by atoms with van der Waals surface area (Å²) >= 11 is 31.0. The molecule has 0 spiro atoms. The van der Waals surface area contributed by atoms with Gasteiger partial charge in [-0.25, -0.2) is 4.57 Å². The van der Waals surface area contributed by atoms with Crippen LogP contribution in [0.1, 0.15) is 0 Å². The topological polar surface area (TPSA) is 44.8 Å². The molecule has 0 aromatic rings. The lowest BCUT2D eigenvalue weighted by Gasteiger charge is -2.18. The van der Waals surface area contributed by atoms with E-state index >= 15 is 0 Å². The third-order valence-corrected chi connectivity index (χ3v) is 3.31. The predicted molar refractivity (Wildman–Crippen MR) is 57.3 cm³/mol. The normalized spacial score (nSPS) is 13.2. The quantitative estimate of drug-likeness (QED) is 0.527. The molecule has 0 N–H and O–H groups in total. The Hall–Kier alpha value is 1.85. The molecule has 0 aliphatic heterocycles. The standard InChI is InChI=1S/C3H3Cl6O4P/c4-1(5)11-14(10,12-2(6)7)13-3(8)9/h1-3H. The zero-order valence-electron chi connectivity index (χ0n) is 6.08. The van der Waals surface area contributed by atoms with Gasteiger partial charge in [-0.05, 0) is 0 Å². The Labute approximate surface area is 110 Å². The second-order valence-corrected chi connectivity index (χ2v) is 6.12. The third kappa shape index (κ3) is 8.05. The highest BCUT2D eigenvalue weighted by molar-refractivity contribution is 7.49. The van der Waals surface area contributed by atoms with Crippen LogP contribution in [-0.2, 0) is 18.1 Å². The smallest absolute Gasteiger partial charge is 0.252 e. The Morgan fingerprint density at radius 2 is 0.929 bits per heavy atom. The van der Waals surface area contributed by atoms with Gasteiger partial charge in [0, 0.05) is 0 Å². The number of hydrogen-bond acceptors (Lipinski definition) is 4. The molecule has 0 unspecified atom stereocenters. The maximum atomic E-state index is 11.5. The molecule has 0 fully saturated rings. The number of alkyl halides is 6. The highest BCUT2D eigenvalue weighted by atomic mass is 35.5. The minimum atomic E-state index is -4.18. The Morgan fingerprint density at radius 3 is 1.07 bits per heavy atom. The van der Waals surface area contributed by atoms with E-state index in [0.717, 1.165) is 0 Å². The second-order valence-electron chi connectivity index (χ2n) is 1.55. The number of phosphoric ester groups is 1. The van der Waals surface area contributed by atoms with Crippen LogP contribution in [0.4, 0.5) is 0 Å². The number of halogens is 6. The molecule has 0 aromatic heterocycles. The zero-order chi connectivity index (χ0) is 11.4. The van der Waals surface area contributed by atoms with Crippen molar-refractivity contribution in [2.75, 3.05) is 0 Å². The summed E-state index contributed by atoms with van der Waals surface area (Å²) in [6.07, 6.45) is 0. The lowest BCUT2D eigenvalue weighted by Crippen LogP contribution is -2.07. The average molecular weight is 347 g/mol. The molecule has 0 atom stereocenters. The van der Waals surface area contributed by atoms with Crippen molar-refractivity contribution in [2.24, 2.45) is 0 Å². The minimum Gasteiger partial charge on any atom is -0.252 e. The van der Waals surface area contributed by atoms with Gasteiger partial charge in [0.1, 0.15) is 0 Å². The predicted octanol–water partition coefficient (Wildman–Crippen LogP) is 4.43. The van der Waals surface area contributed by atoms with Crippen molar-refractivity contribution in [1.82, 2.24) is 0 Å². The van der Waals surface area contributed by atoms with Crippen LogP contribution in [0.2, 0.25) is 0 Å². The van der Waals surface area contributed by atoms with Gasteiger partial charge < -0.3 is 0 Å². The maximum absolute atomic E-state index is 11.5. The van der Waals surface area contributed by atoms with Crippen molar-refractivity contribution in [1.29, 1.82) is 0 Å². The van der Waals surface area contributed by atoms with Gasteiger partial charge in [0.15, 0.2) is 0 Å². The summed E-state index contributed by atoms with van der Waals surface area (Å²) in [6, 6.07) is 0. The van der Waals surface area contributed by atoms with Crippen molar-refractivity contribution in [3.63, 3.8) is 0 Å². The molecule has 86 valence electrons. The molecule has 0 bridgehead atoms. The van der Waals surface area contributed by atoms with E-state index in [1.807, 2.05) is 0 Å².